The van der Waals surface area contributed by atoms with Gasteiger partial charge >= 0.3 is 0 Å². The van der Waals surface area contributed by atoms with Gasteiger partial charge in [0.15, 0.2) is 0 Å². The van der Waals surface area contributed by atoms with Crippen LogP contribution >= 0.6 is 0 Å². The van der Waals surface area contributed by atoms with Crippen LogP contribution in [0.3, 0.4) is 0 Å². The SMILES string of the molecule is OC[C@@]1(O[C@H]2[C@H](O)[C@H](O)CO[C@]2(O)CO)OC[C@@H](O)[C@@H](O)[C@@H]1O. The van der Waals surface area contributed by atoms with E-state index in [0.717, 1.165) is 0 Å². The molecule has 0 aliphatic carbocycles. The van der Waals surface area contributed by atoms with Crippen molar-refractivity contribution >= 4 is 0 Å². The van der Waals surface area contributed by atoms with Crippen LogP contribution in [0.4, 0.5) is 0 Å². The second kappa shape index (κ2) is 6.82. The summed E-state index contributed by atoms with van der Waals surface area (Å²) in [5.74, 6) is -4.75. The molecule has 23 heavy (non-hydrogen) atoms. The van der Waals surface area contributed by atoms with E-state index in [4.69, 9.17) is 14.2 Å². The van der Waals surface area contributed by atoms with Crippen LogP contribution in [-0.2, 0) is 14.2 Å². The van der Waals surface area contributed by atoms with Gasteiger partial charge in [-0.25, -0.2) is 0 Å². The number of aliphatic hydroxyl groups excluding tert-OH is 7. The highest BCUT2D eigenvalue weighted by atomic mass is 16.8. The van der Waals surface area contributed by atoms with Gasteiger partial charge in [-0.2, -0.15) is 0 Å². The Bertz CT molecular complexity index is 408. The van der Waals surface area contributed by atoms with Crippen molar-refractivity contribution in [3.05, 3.63) is 0 Å². The molecule has 11 nitrogen and oxygen atoms in total. The molecule has 0 saturated carbocycles. The van der Waals surface area contributed by atoms with E-state index in [1.807, 2.05) is 0 Å². The highest BCUT2D eigenvalue weighted by Crippen LogP contribution is 2.35. The Morgan fingerprint density at radius 2 is 1.43 bits per heavy atom. The monoisotopic (exact) mass is 342 g/mol. The van der Waals surface area contributed by atoms with Crippen LogP contribution in [0.15, 0.2) is 0 Å². The Kier molecular flexibility index (Phi) is 5.60. The van der Waals surface area contributed by atoms with Crippen LogP contribution < -0.4 is 0 Å². The Balaban J connectivity index is 2.28. The molecule has 0 radical (unpaired) electrons. The summed E-state index contributed by atoms with van der Waals surface area (Å²) in [6.45, 7) is -3.04. The third-order valence-corrected chi connectivity index (χ3v) is 4.09. The van der Waals surface area contributed by atoms with Crippen molar-refractivity contribution in [1.29, 1.82) is 0 Å². The first-order chi connectivity index (χ1) is 10.7. The van der Waals surface area contributed by atoms with E-state index < -0.39 is 74.6 Å². The highest BCUT2D eigenvalue weighted by Gasteiger charge is 2.58. The van der Waals surface area contributed by atoms with E-state index in [0.29, 0.717) is 0 Å². The summed E-state index contributed by atoms with van der Waals surface area (Å²) in [6, 6.07) is 0. The summed E-state index contributed by atoms with van der Waals surface area (Å²) in [4.78, 5) is 0. The molecule has 11 heteroatoms. The topological polar surface area (TPSA) is 190 Å². The van der Waals surface area contributed by atoms with E-state index in [1.54, 1.807) is 0 Å². The standard InChI is InChI=1S/C12H22O11/c13-3-11(20)10(8(18)6(16)1-21-11)23-12(4-14)9(19)7(17)5(15)2-22-12/h5-10,13-20H,1-4H2/t5-,6-,7-,8-,9+,10+,11-,12+/m1/s1. The summed E-state index contributed by atoms with van der Waals surface area (Å²) in [5, 5.41) is 77.8. The van der Waals surface area contributed by atoms with Gasteiger partial charge in [-0.15, -0.1) is 0 Å². The fourth-order valence-electron chi connectivity index (χ4n) is 2.55. The molecule has 2 saturated heterocycles. The molecule has 2 fully saturated rings. The Morgan fingerprint density at radius 1 is 0.870 bits per heavy atom. The molecule has 136 valence electrons. The van der Waals surface area contributed by atoms with E-state index in [-0.39, 0.29) is 0 Å². The molecular formula is C12H22O11. The average molecular weight is 342 g/mol. The number of hydrogen-bond donors (Lipinski definition) is 8. The largest absolute Gasteiger partial charge is 0.391 e. The lowest BCUT2D eigenvalue weighted by Gasteiger charge is -2.50. The summed E-state index contributed by atoms with van der Waals surface area (Å²) < 4.78 is 15.2. The molecule has 8 atom stereocenters. The molecule has 0 amide bonds. The first kappa shape index (κ1) is 18.9. The van der Waals surface area contributed by atoms with Gasteiger partial charge < -0.3 is 55.1 Å². The van der Waals surface area contributed by atoms with Crippen LogP contribution in [0, 0.1) is 0 Å². The van der Waals surface area contributed by atoms with Gasteiger partial charge in [-0.05, 0) is 0 Å². The lowest BCUT2D eigenvalue weighted by Crippen LogP contribution is -2.70. The van der Waals surface area contributed by atoms with Crippen molar-refractivity contribution in [3.63, 3.8) is 0 Å². The number of rotatable bonds is 4. The molecule has 0 aromatic carbocycles. The first-order valence-electron chi connectivity index (χ1n) is 7.01. The van der Waals surface area contributed by atoms with Gasteiger partial charge in [-0.1, -0.05) is 0 Å². The minimum Gasteiger partial charge on any atom is -0.391 e. The van der Waals surface area contributed by atoms with Crippen LogP contribution in [-0.4, -0.2) is 115 Å². The average Bonchev–Trinajstić information content (AvgIpc) is 2.55. The van der Waals surface area contributed by atoms with Gasteiger partial charge in [0.05, 0.1) is 19.8 Å². The Labute approximate surface area is 130 Å². The minimum absolute atomic E-state index is 0.491. The maximum absolute atomic E-state index is 10.2. The maximum atomic E-state index is 10.2. The molecular weight excluding hydrogens is 320 g/mol. The molecule has 2 aliphatic heterocycles. The maximum Gasteiger partial charge on any atom is 0.221 e. The molecule has 2 rings (SSSR count). The van der Waals surface area contributed by atoms with Gasteiger partial charge in [-0.3, -0.25) is 0 Å². The van der Waals surface area contributed by atoms with E-state index in [2.05, 4.69) is 0 Å². The normalized spacial score (nSPS) is 51.7. The van der Waals surface area contributed by atoms with Gasteiger partial charge in [0.25, 0.3) is 0 Å². The predicted molar refractivity (Wildman–Crippen MR) is 68.7 cm³/mol. The lowest BCUT2D eigenvalue weighted by molar-refractivity contribution is -0.418. The van der Waals surface area contributed by atoms with Crippen molar-refractivity contribution in [2.75, 3.05) is 26.4 Å². The fourth-order valence-corrected chi connectivity index (χ4v) is 2.55. The molecule has 8 N–H and O–H groups in total. The predicted octanol–water partition coefficient (Wildman–Crippen LogP) is -5.39. The number of aliphatic hydroxyl groups is 8. The minimum atomic E-state index is -2.44. The van der Waals surface area contributed by atoms with Crippen LogP contribution in [0.25, 0.3) is 0 Å². The molecule has 0 aromatic rings. The van der Waals surface area contributed by atoms with Crippen molar-refractivity contribution in [2.24, 2.45) is 0 Å². The summed E-state index contributed by atoms with van der Waals surface area (Å²) in [7, 11) is 0. The van der Waals surface area contributed by atoms with E-state index in [9.17, 15) is 40.9 Å². The zero-order valence-corrected chi connectivity index (χ0v) is 12.1. The zero-order chi connectivity index (χ0) is 17.4. The molecule has 0 unspecified atom stereocenters. The molecule has 2 aliphatic rings. The van der Waals surface area contributed by atoms with Gasteiger partial charge in [0.1, 0.15) is 43.2 Å². The summed E-state index contributed by atoms with van der Waals surface area (Å²) in [6.07, 6.45) is -10.2. The smallest absolute Gasteiger partial charge is 0.221 e. The fraction of sp³-hybridized carbons (Fsp3) is 1.00. The van der Waals surface area contributed by atoms with E-state index >= 15 is 0 Å². The number of hydrogen-bond acceptors (Lipinski definition) is 11. The Morgan fingerprint density at radius 3 is 2.00 bits per heavy atom. The highest BCUT2D eigenvalue weighted by molar-refractivity contribution is 4.98. The molecule has 0 aromatic heterocycles. The van der Waals surface area contributed by atoms with Gasteiger partial charge in [0, 0.05) is 0 Å². The molecule has 2 heterocycles. The van der Waals surface area contributed by atoms with E-state index in [1.165, 1.54) is 0 Å². The van der Waals surface area contributed by atoms with Crippen molar-refractivity contribution in [2.45, 2.75) is 48.2 Å². The zero-order valence-electron chi connectivity index (χ0n) is 12.1. The van der Waals surface area contributed by atoms with Crippen LogP contribution in [0.1, 0.15) is 0 Å². The van der Waals surface area contributed by atoms with Crippen molar-refractivity contribution in [3.8, 4) is 0 Å². The Hall–Kier alpha value is -0.440. The molecule has 0 bridgehead atoms. The number of ether oxygens (including phenoxy) is 3. The third-order valence-electron chi connectivity index (χ3n) is 4.09. The quantitative estimate of drug-likeness (QED) is 0.243. The van der Waals surface area contributed by atoms with Crippen LogP contribution in [0.2, 0.25) is 0 Å². The third kappa shape index (κ3) is 3.23. The summed E-state index contributed by atoms with van der Waals surface area (Å²) in [5.41, 5.74) is 0. The summed E-state index contributed by atoms with van der Waals surface area (Å²) >= 11 is 0. The molecule has 0 spiro atoms. The second-order valence-corrected chi connectivity index (χ2v) is 5.69. The van der Waals surface area contributed by atoms with Crippen LogP contribution in [0.5, 0.6) is 0 Å². The van der Waals surface area contributed by atoms with Gasteiger partial charge in [0.2, 0.25) is 11.6 Å². The second-order valence-electron chi connectivity index (χ2n) is 5.69. The lowest BCUT2D eigenvalue weighted by atomic mass is 9.93. The first-order valence-corrected chi connectivity index (χ1v) is 7.01. The van der Waals surface area contributed by atoms with Crippen molar-refractivity contribution in [1.82, 2.24) is 0 Å². The van der Waals surface area contributed by atoms with Crippen molar-refractivity contribution < 1.29 is 55.1 Å².